The molecule has 0 amide bonds. The number of rotatable bonds is 3. The number of ether oxygens (including phenoxy) is 1. The Morgan fingerprint density at radius 2 is 2.06 bits per heavy atom. The van der Waals surface area contributed by atoms with Crippen molar-refractivity contribution in [2.24, 2.45) is 0 Å². The van der Waals surface area contributed by atoms with Gasteiger partial charge in [0.15, 0.2) is 0 Å². The lowest BCUT2D eigenvalue weighted by Crippen LogP contribution is -2.43. The number of fused-ring (bicyclic) bond motifs is 2. The first-order valence-electron chi connectivity index (χ1n) is 6.65. The summed E-state index contributed by atoms with van der Waals surface area (Å²) in [5.74, 6) is 1.71. The maximum atomic E-state index is 5.46. The van der Waals surface area contributed by atoms with Gasteiger partial charge in [-0.05, 0) is 32.6 Å². The van der Waals surface area contributed by atoms with Gasteiger partial charge in [-0.15, -0.1) is 0 Å². The summed E-state index contributed by atoms with van der Waals surface area (Å²) in [6.45, 7) is 2.62. The minimum Gasteiger partial charge on any atom is -0.478 e. The fourth-order valence-electron chi connectivity index (χ4n) is 3.18. The Morgan fingerprint density at radius 1 is 1.33 bits per heavy atom. The second kappa shape index (κ2) is 5.03. The summed E-state index contributed by atoms with van der Waals surface area (Å²) in [6.07, 6.45) is 6.59. The SMILES string of the molecule is CCOc1cc(N2C3CCC2CC(Br)C3)ncn1. The second-order valence-electron chi connectivity index (χ2n) is 5.01. The van der Waals surface area contributed by atoms with Gasteiger partial charge in [0.25, 0.3) is 0 Å². The van der Waals surface area contributed by atoms with E-state index < -0.39 is 0 Å². The van der Waals surface area contributed by atoms with Gasteiger partial charge in [0.1, 0.15) is 12.1 Å². The van der Waals surface area contributed by atoms with Crippen LogP contribution in [0.5, 0.6) is 5.88 Å². The van der Waals surface area contributed by atoms with Crippen LogP contribution >= 0.6 is 15.9 Å². The number of piperidine rings is 1. The molecule has 3 rings (SSSR count). The number of hydrogen-bond acceptors (Lipinski definition) is 4. The molecule has 2 bridgehead atoms. The van der Waals surface area contributed by atoms with Crippen molar-refractivity contribution in [3.8, 4) is 5.88 Å². The quantitative estimate of drug-likeness (QED) is 0.805. The summed E-state index contributed by atoms with van der Waals surface area (Å²) < 4.78 is 5.46. The van der Waals surface area contributed by atoms with Crippen molar-refractivity contribution in [2.45, 2.75) is 49.5 Å². The molecule has 4 nitrogen and oxygen atoms in total. The molecule has 0 N–H and O–H groups in total. The Kier molecular flexibility index (Phi) is 3.41. The first-order chi connectivity index (χ1) is 8.78. The highest BCUT2D eigenvalue weighted by atomic mass is 79.9. The maximum absolute atomic E-state index is 5.46. The van der Waals surface area contributed by atoms with Gasteiger partial charge < -0.3 is 9.64 Å². The molecule has 1 aromatic rings. The number of alkyl halides is 1. The summed E-state index contributed by atoms with van der Waals surface area (Å²) >= 11 is 3.76. The van der Waals surface area contributed by atoms with Crippen molar-refractivity contribution < 1.29 is 4.74 Å². The van der Waals surface area contributed by atoms with Crippen LogP contribution in [0.25, 0.3) is 0 Å². The monoisotopic (exact) mass is 311 g/mol. The van der Waals surface area contributed by atoms with E-state index in [1.807, 2.05) is 13.0 Å². The molecule has 3 heterocycles. The maximum Gasteiger partial charge on any atom is 0.218 e. The molecule has 2 atom stereocenters. The first kappa shape index (κ1) is 12.2. The Hall–Kier alpha value is -0.840. The molecule has 1 aromatic heterocycles. The second-order valence-corrected chi connectivity index (χ2v) is 6.30. The van der Waals surface area contributed by atoms with Crippen LogP contribution in [-0.2, 0) is 0 Å². The summed E-state index contributed by atoms with van der Waals surface area (Å²) in [7, 11) is 0. The molecule has 2 aliphatic heterocycles. The van der Waals surface area contributed by atoms with Crippen LogP contribution in [0.3, 0.4) is 0 Å². The molecule has 98 valence electrons. The van der Waals surface area contributed by atoms with Crippen LogP contribution < -0.4 is 9.64 Å². The van der Waals surface area contributed by atoms with Crippen LogP contribution in [0, 0.1) is 0 Å². The smallest absolute Gasteiger partial charge is 0.218 e. The molecule has 18 heavy (non-hydrogen) atoms. The van der Waals surface area contributed by atoms with E-state index >= 15 is 0 Å². The van der Waals surface area contributed by atoms with Gasteiger partial charge in [-0.25, -0.2) is 9.97 Å². The van der Waals surface area contributed by atoms with Crippen molar-refractivity contribution in [3.63, 3.8) is 0 Å². The number of hydrogen-bond donors (Lipinski definition) is 0. The molecule has 0 spiro atoms. The first-order valence-corrected chi connectivity index (χ1v) is 7.56. The molecule has 0 saturated carbocycles. The van der Waals surface area contributed by atoms with Gasteiger partial charge in [-0.2, -0.15) is 0 Å². The van der Waals surface area contributed by atoms with Gasteiger partial charge >= 0.3 is 0 Å². The molecule has 0 aliphatic carbocycles. The molecule has 2 fully saturated rings. The predicted molar refractivity (Wildman–Crippen MR) is 74.4 cm³/mol. The van der Waals surface area contributed by atoms with Crippen LogP contribution in [0.4, 0.5) is 5.82 Å². The third-order valence-corrected chi connectivity index (χ3v) is 4.61. The molecule has 2 aliphatic rings. The number of aromatic nitrogens is 2. The van der Waals surface area contributed by atoms with E-state index in [-0.39, 0.29) is 0 Å². The highest BCUT2D eigenvalue weighted by molar-refractivity contribution is 9.09. The van der Waals surface area contributed by atoms with Crippen molar-refractivity contribution in [1.29, 1.82) is 0 Å². The lowest BCUT2D eigenvalue weighted by atomic mass is 10.0. The molecule has 2 unspecified atom stereocenters. The number of anilines is 1. The lowest BCUT2D eigenvalue weighted by Gasteiger charge is -2.38. The van der Waals surface area contributed by atoms with E-state index in [9.17, 15) is 0 Å². The Balaban J connectivity index is 1.84. The van der Waals surface area contributed by atoms with Crippen molar-refractivity contribution in [3.05, 3.63) is 12.4 Å². The van der Waals surface area contributed by atoms with Crippen molar-refractivity contribution in [1.82, 2.24) is 9.97 Å². The number of nitrogens with zero attached hydrogens (tertiary/aromatic N) is 3. The summed E-state index contributed by atoms with van der Waals surface area (Å²) in [6, 6.07) is 3.22. The molecular weight excluding hydrogens is 294 g/mol. The molecular formula is C13H18BrN3O. The average molecular weight is 312 g/mol. The zero-order valence-corrected chi connectivity index (χ0v) is 12.1. The Bertz CT molecular complexity index is 414. The third-order valence-electron chi connectivity index (χ3n) is 3.86. The fourth-order valence-corrected chi connectivity index (χ4v) is 4.05. The zero-order valence-electron chi connectivity index (χ0n) is 10.6. The normalized spacial score (nSPS) is 30.6. The van der Waals surface area contributed by atoms with Crippen LogP contribution in [0.2, 0.25) is 0 Å². The van der Waals surface area contributed by atoms with Gasteiger partial charge in [0.2, 0.25) is 5.88 Å². The largest absolute Gasteiger partial charge is 0.478 e. The summed E-state index contributed by atoms with van der Waals surface area (Å²) in [5.41, 5.74) is 0. The van der Waals surface area contributed by atoms with Gasteiger partial charge in [0, 0.05) is 23.0 Å². The minimum absolute atomic E-state index is 0.623. The van der Waals surface area contributed by atoms with Gasteiger partial charge in [-0.3, -0.25) is 0 Å². The lowest BCUT2D eigenvalue weighted by molar-refractivity contribution is 0.326. The third kappa shape index (κ3) is 2.20. The average Bonchev–Trinajstić information content (AvgIpc) is 2.63. The fraction of sp³-hybridized carbons (Fsp3) is 0.692. The van der Waals surface area contributed by atoms with E-state index in [4.69, 9.17) is 4.74 Å². The van der Waals surface area contributed by atoms with Crippen LogP contribution in [0.1, 0.15) is 32.6 Å². The Morgan fingerprint density at radius 3 is 2.72 bits per heavy atom. The predicted octanol–water partition coefficient (Wildman–Crippen LogP) is 2.77. The highest BCUT2D eigenvalue weighted by Gasteiger charge is 2.40. The molecule has 0 aromatic carbocycles. The van der Waals surface area contributed by atoms with E-state index in [2.05, 4.69) is 30.8 Å². The minimum atomic E-state index is 0.623. The summed E-state index contributed by atoms with van der Waals surface area (Å²) in [4.78, 5) is 11.7. The summed E-state index contributed by atoms with van der Waals surface area (Å²) in [5, 5.41) is 0. The molecule has 2 saturated heterocycles. The van der Waals surface area contributed by atoms with E-state index in [0.717, 1.165) is 5.82 Å². The topological polar surface area (TPSA) is 38.2 Å². The molecule has 0 radical (unpaired) electrons. The van der Waals surface area contributed by atoms with Gasteiger partial charge in [-0.1, -0.05) is 15.9 Å². The Labute approximate surface area is 116 Å². The van der Waals surface area contributed by atoms with E-state index in [1.54, 1.807) is 6.33 Å². The standard InChI is InChI=1S/C13H18BrN3O/c1-2-18-13-7-12(15-8-16-13)17-10-3-4-11(17)6-9(14)5-10/h7-11H,2-6H2,1H3. The van der Waals surface area contributed by atoms with Crippen LogP contribution in [-0.4, -0.2) is 33.5 Å². The number of halogens is 1. The van der Waals surface area contributed by atoms with E-state index in [1.165, 1.54) is 25.7 Å². The van der Waals surface area contributed by atoms with Crippen molar-refractivity contribution >= 4 is 21.7 Å². The zero-order chi connectivity index (χ0) is 12.5. The molecule has 5 heteroatoms. The van der Waals surface area contributed by atoms with Crippen LogP contribution in [0.15, 0.2) is 12.4 Å². The van der Waals surface area contributed by atoms with Gasteiger partial charge in [0.05, 0.1) is 6.61 Å². The van der Waals surface area contributed by atoms with Crippen molar-refractivity contribution in [2.75, 3.05) is 11.5 Å². The highest BCUT2D eigenvalue weighted by Crippen LogP contribution is 2.41. The van der Waals surface area contributed by atoms with E-state index in [0.29, 0.717) is 29.4 Å².